The molecular weight excluding hydrogens is 218 g/mol. The molecule has 5 nitrogen and oxygen atoms in total. The van der Waals surface area contributed by atoms with Crippen molar-refractivity contribution in [2.75, 3.05) is 11.4 Å². The van der Waals surface area contributed by atoms with E-state index in [-0.39, 0.29) is 5.56 Å². The average molecular weight is 235 g/mol. The largest absolute Gasteiger partial charge is 0.478 e. The van der Waals surface area contributed by atoms with Crippen molar-refractivity contribution in [3.63, 3.8) is 0 Å². The van der Waals surface area contributed by atoms with Crippen molar-refractivity contribution in [3.8, 4) is 0 Å². The van der Waals surface area contributed by atoms with Crippen LogP contribution in [0.2, 0.25) is 0 Å². The first-order valence-electron chi connectivity index (χ1n) is 5.91. The van der Waals surface area contributed by atoms with Crippen LogP contribution in [0.15, 0.2) is 12.3 Å². The standard InChI is InChI=1S/C12H17N3O2/c1-8-3-4-9(2)15(7-8)11-10(12(16)17)5-6-13-14-11/h5-6,8-9H,3-4,7H2,1-2H3,(H,16,17). The molecule has 2 heterocycles. The van der Waals surface area contributed by atoms with Crippen LogP contribution in [-0.2, 0) is 0 Å². The van der Waals surface area contributed by atoms with E-state index in [0.29, 0.717) is 17.8 Å². The molecule has 0 spiro atoms. The Morgan fingerprint density at radius 2 is 2.24 bits per heavy atom. The SMILES string of the molecule is CC1CCC(C)N(c2nnccc2C(=O)O)C1. The number of hydrogen-bond donors (Lipinski definition) is 1. The van der Waals surface area contributed by atoms with Gasteiger partial charge in [0, 0.05) is 12.6 Å². The minimum atomic E-state index is -0.944. The number of carboxylic acid groups (broad SMARTS) is 1. The molecule has 0 radical (unpaired) electrons. The fourth-order valence-electron chi connectivity index (χ4n) is 2.29. The number of rotatable bonds is 2. The lowest BCUT2D eigenvalue weighted by Crippen LogP contribution is -2.42. The molecule has 1 aliphatic heterocycles. The molecule has 0 aromatic carbocycles. The van der Waals surface area contributed by atoms with E-state index < -0.39 is 5.97 Å². The van der Waals surface area contributed by atoms with E-state index in [2.05, 4.69) is 28.9 Å². The van der Waals surface area contributed by atoms with Gasteiger partial charge in [0.15, 0.2) is 5.82 Å². The maximum absolute atomic E-state index is 11.2. The number of nitrogens with zero attached hydrogens (tertiary/aromatic N) is 3. The highest BCUT2D eigenvalue weighted by atomic mass is 16.4. The molecule has 5 heteroatoms. The molecule has 1 N–H and O–H groups in total. The van der Waals surface area contributed by atoms with Crippen LogP contribution in [0.3, 0.4) is 0 Å². The van der Waals surface area contributed by atoms with Crippen molar-refractivity contribution < 1.29 is 9.90 Å². The molecule has 1 aromatic rings. The van der Waals surface area contributed by atoms with Crippen LogP contribution >= 0.6 is 0 Å². The second-order valence-corrected chi connectivity index (χ2v) is 4.76. The van der Waals surface area contributed by atoms with Crippen LogP contribution < -0.4 is 4.90 Å². The molecule has 2 unspecified atom stereocenters. The zero-order valence-electron chi connectivity index (χ0n) is 10.1. The minimum Gasteiger partial charge on any atom is -0.478 e. The van der Waals surface area contributed by atoms with Gasteiger partial charge in [-0.3, -0.25) is 0 Å². The number of aromatic carboxylic acids is 1. The third-order valence-electron chi connectivity index (χ3n) is 3.32. The molecule has 1 aliphatic rings. The fraction of sp³-hybridized carbons (Fsp3) is 0.583. The van der Waals surface area contributed by atoms with Crippen molar-refractivity contribution in [2.45, 2.75) is 32.7 Å². The highest BCUT2D eigenvalue weighted by Gasteiger charge is 2.27. The molecule has 1 aromatic heterocycles. The smallest absolute Gasteiger partial charge is 0.339 e. The van der Waals surface area contributed by atoms with Crippen molar-refractivity contribution in [2.24, 2.45) is 5.92 Å². The zero-order valence-corrected chi connectivity index (χ0v) is 10.1. The summed E-state index contributed by atoms with van der Waals surface area (Å²) in [5.74, 6) is 0.120. The number of anilines is 1. The first-order chi connectivity index (χ1) is 8.09. The Morgan fingerprint density at radius 3 is 2.94 bits per heavy atom. The lowest BCUT2D eigenvalue weighted by Gasteiger charge is -2.37. The maximum atomic E-state index is 11.2. The number of piperidine rings is 1. The van der Waals surface area contributed by atoms with E-state index in [4.69, 9.17) is 5.11 Å². The fourth-order valence-corrected chi connectivity index (χ4v) is 2.29. The van der Waals surface area contributed by atoms with Crippen molar-refractivity contribution in [1.29, 1.82) is 0 Å². The lowest BCUT2D eigenvalue weighted by molar-refractivity contribution is 0.0696. The highest BCUT2D eigenvalue weighted by Crippen LogP contribution is 2.27. The van der Waals surface area contributed by atoms with Gasteiger partial charge in [0.25, 0.3) is 0 Å². The second kappa shape index (κ2) is 4.69. The van der Waals surface area contributed by atoms with Gasteiger partial charge >= 0.3 is 5.97 Å². The number of aromatic nitrogens is 2. The zero-order chi connectivity index (χ0) is 12.4. The number of hydrogen-bond acceptors (Lipinski definition) is 4. The summed E-state index contributed by atoms with van der Waals surface area (Å²) in [6.07, 6.45) is 3.67. The van der Waals surface area contributed by atoms with Crippen LogP contribution in [-0.4, -0.2) is 33.9 Å². The topological polar surface area (TPSA) is 66.3 Å². The van der Waals surface area contributed by atoms with E-state index in [9.17, 15) is 4.79 Å². The van der Waals surface area contributed by atoms with Crippen LogP contribution in [0.1, 0.15) is 37.0 Å². The van der Waals surface area contributed by atoms with Gasteiger partial charge in [-0.15, -0.1) is 5.10 Å². The molecule has 92 valence electrons. The van der Waals surface area contributed by atoms with E-state index in [1.165, 1.54) is 18.7 Å². The Kier molecular flexibility index (Phi) is 3.26. The number of carboxylic acids is 1. The third-order valence-corrected chi connectivity index (χ3v) is 3.32. The first kappa shape index (κ1) is 11.8. The van der Waals surface area contributed by atoms with Gasteiger partial charge in [-0.1, -0.05) is 6.92 Å². The normalized spacial score (nSPS) is 24.7. The monoisotopic (exact) mass is 235 g/mol. The summed E-state index contributed by atoms with van der Waals surface area (Å²) in [7, 11) is 0. The summed E-state index contributed by atoms with van der Waals surface area (Å²) in [6.45, 7) is 5.13. The number of carbonyl (C=O) groups is 1. The Hall–Kier alpha value is -1.65. The Bertz CT molecular complexity index is 422. The van der Waals surface area contributed by atoms with Gasteiger partial charge in [0.1, 0.15) is 5.56 Å². The quantitative estimate of drug-likeness (QED) is 0.846. The Labute approximate surface area is 100 Å². The Balaban J connectivity index is 2.35. The third kappa shape index (κ3) is 2.38. The summed E-state index contributed by atoms with van der Waals surface area (Å²) < 4.78 is 0. The summed E-state index contributed by atoms with van der Waals surface area (Å²) in [4.78, 5) is 13.2. The minimum absolute atomic E-state index is 0.237. The van der Waals surface area contributed by atoms with Crippen LogP contribution in [0.25, 0.3) is 0 Å². The van der Waals surface area contributed by atoms with Crippen LogP contribution in [0.5, 0.6) is 0 Å². The first-order valence-corrected chi connectivity index (χ1v) is 5.91. The summed E-state index contributed by atoms with van der Waals surface area (Å²) in [5, 5.41) is 17.0. The summed E-state index contributed by atoms with van der Waals surface area (Å²) in [6, 6.07) is 1.83. The van der Waals surface area contributed by atoms with Gasteiger partial charge in [0.2, 0.25) is 0 Å². The van der Waals surface area contributed by atoms with Gasteiger partial charge in [0.05, 0.1) is 6.20 Å². The predicted molar refractivity (Wildman–Crippen MR) is 64.2 cm³/mol. The van der Waals surface area contributed by atoms with Crippen molar-refractivity contribution in [1.82, 2.24) is 10.2 Å². The van der Waals surface area contributed by atoms with Gasteiger partial charge in [-0.2, -0.15) is 5.10 Å². The second-order valence-electron chi connectivity index (χ2n) is 4.76. The van der Waals surface area contributed by atoms with Crippen LogP contribution in [0.4, 0.5) is 5.82 Å². The van der Waals surface area contributed by atoms with Crippen molar-refractivity contribution >= 4 is 11.8 Å². The Morgan fingerprint density at radius 1 is 1.47 bits per heavy atom. The summed E-state index contributed by atoms with van der Waals surface area (Å²) >= 11 is 0. The molecule has 0 aliphatic carbocycles. The lowest BCUT2D eigenvalue weighted by atomic mass is 9.95. The molecule has 2 atom stereocenters. The average Bonchev–Trinajstić information content (AvgIpc) is 2.32. The van der Waals surface area contributed by atoms with Crippen molar-refractivity contribution in [3.05, 3.63) is 17.8 Å². The molecule has 0 bridgehead atoms. The molecule has 0 saturated carbocycles. The highest BCUT2D eigenvalue weighted by molar-refractivity contribution is 5.93. The van der Waals surface area contributed by atoms with E-state index in [1.807, 2.05) is 0 Å². The van der Waals surface area contributed by atoms with Gasteiger partial charge < -0.3 is 10.0 Å². The predicted octanol–water partition coefficient (Wildman–Crippen LogP) is 1.80. The van der Waals surface area contributed by atoms with E-state index in [0.717, 1.165) is 13.0 Å². The van der Waals surface area contributed by atoms with Gasteiger partial charge in [-0.25, -0.2) is 4.79 Å². The van der Waals surface area contributed by atoms with Gasteiger partial charge in [-0.05, 0) is 31.7 Å². The maximum Gasteiger partial charge on any atom is 0.339 e. The molecule has 1 saturated heterocycles. The molecule has 17 heavy (non-hydrogen) atoms. The molecule has 2 rings (SSSR count). The van der Waals surface area contributed by atoms with E-state index >= 15 is 0 Å². The molecule has 0 amide bonds. The molecule has 1 fully saturated rings. The molecular formula is C12H17N3O2. The summed E-state index contributed by atoms with van der Waals surface area (Å²) in [5.41, 5.74) is 0.237. The van der Waals surface area contributed by atoms with Crippen LogP contribution in [0, 0.1) is 5.92 Å². The van der Waals surface area contributed by atoms with E-state index in [1.54, 1.807) is 0 Å².